The third-order valence-corrected chi connectivity index (χ3v) is 5.50. The van der Waals surface area contributed by atoms with Crippen LogP contribution in [0.4, 0.5) is 0 Å². The molecule has 1 saturated heterocycles. The van der Waals surface area contributed by atoms with Gasteiger partial charge in [0.15, 0.2) is 0 Å². The molecule has 0 atom stereocenters. The third kappa shape index (κ3) is 4.78. The number of hydrogen-bond acceptors (Lipinski definition) is 5. The molecule has 1 aliphatic heterocycles. The van der Waals surface area contributed by atoms with Crippen LogP contribution in [-0.4, -0.2) is 58.6 Å². The molecule has 29 heavy (non-hydrogen) atoms. The molecule has 1 fully saturated rings. The molecule has 2 aromatic carbocycles. The van der Waals surface area contributed by atoms with E-state index in [9.17, 15) is 4.79 Å². The summed E-state index contributed by atoms with van der Waals surface area (Å²) in [6.07, 6.45) is 0.677. The smallest absolute Gasteiger partial charge is 0.255 e. The number of nitrogens with zero attached hydrogens (tertiary/aromatic N) is 4. The fourth-order valence-corrected chi connectivity index (χ4v) is 3.80. The summed E-state index contributed by atoms with van der Waals surface area (Å²) in [5.41, 5.74) is 1.41. The van der Waals surface area contributed by atoms with Crippen LogP contribution in [0.3, 0.4) is 0 Å². The minimum Gasteiger partial charge on any atom is -0.421 e. The van der Waals surface area contributed by atoms with Gasteiger partial charge in [-0.05, 0) is 30.3 Å². The number of halogens is 2. The molecule has 4 rings (SSSR count). The summed E-state index contributed by atoms with van der Waals surface area (Å²) in [6.45, 7) is 3.68. The number of carbonyl (C=O) groups excluding carboxylic acids is 1. The second-order valence-corrected chi connectivity index (χ2v) is 7.72. The Labute approximate surface area is 179 Å². The zero-order valence-corrected chi connectivity index (χ0v) is 17.2. The third-order valence-electron chi connectivity index (χ3n) is 4.95. The lowest BCUT2D eigenvalue weighted by Gasteiger charge is -2.34. The van der Waals surface area contributed by atoms with Crippen molar-refractivity contribution in [2.24, 2.45) is 0 Å². The van der Waals surface area contributed by atoms with E-state index in [1.54, 1.807) is 18.2 Å². The van der Waals surface area contributed by atoms with E-state index in [1.807, 2.05) is 35.2 Å². The summed E-state index contributed by atoms with van der Waals surface area (Å²) in [5, 5.41) is 9.17. The molecule has 0 radical (unpaired) electrons. The highest BCUT2D eigenvalue weighted by molar-refractivity contribution is 6.36. The average molecular weight is 431 g/mol. The Morgan fingerprint density at radius 3 is 2.48 bits per heavy atom. The van der Waals surface area contributed by atoms with Gasteiger partial charge in [0.1, 0.15) is 0 Å². The van der Waals surface area contributed by atoms with Crippen LogP contribution in [0.15, 0.2) is 52.9 Å². The van der Waals surface area contributed by atoms with E-state index in [0.717, 1.165) is 25.2 Å². The number of hydrogen-bond donors (Lipinski definition) is 0. The van der Waals surface area contributed by atoms with E-state index in [1.165, 1.54) is 0 Å². The van der Waals surface area contributed by atoms with Crippen molar-refractivity contribution in [2.45, 2.75) is 6.42 Å². The van der Waals surface area contributed by atoms with Gasteiger partial charge >= 0.3 is 0 Å². The summed E-state index contributed by atoms with van der Waals surface area (Å²) in [7, 11) is 0. The van der Waals surface area contributed by atoms with Crippen molar-refractivity contribution in [1.29, 1.82) is 0 Å². The normalized spacial score (nSPS) is 14.9. The van der Waals surface area contributed by atoms with Crippen molar-refractivity contribution in [3.63, 3.8) is 0 Å². The average Bonchev–Trinajstić information content (AvgIpc) is 3.22. The van der Waals surface area contributed by atoms with Gasteiger partial charge in [0, 0.05) is 49.7 Å². The lowest BCUT2D eigenvalue weighted by Crippen LogP contribution is -2.49. The van der Waals surface area contributed by atoms with Crippen molar-refractivity contribution in [3.05, 3.63) is 70.0 Å². The first-order valence-electron chi connectivity index (χ1n) is 9.44. The molecule has 3 aromatic rings. The van der Waals surface area contributed by atoms with Gasteiger partial charge in [0.05, 0.1) is 10.6 Å². The van der Waals surface area contributed by atoms with E-state index in [-0.39, 0.29) is 5.91 Å². The van der Waals surface area contributed by atoms with Crippen LogP contribution >= 0.6 is 23.2 Å². The van der Waals surface area contributed by atoms with E-state index >= 15 is 0 Å². The number of rotatable bonds is 5. The van der Waals surface area contributed by atoms with Gasteiger partial charge in [-0.15, -0.1) is 10.2 Å². The highest BCUT2D eigenvalue weighted by Gasteiger charge is 2.24. The summed E-state index contributed by atoms with van der Waals surface area (Å²) in [6, 6.07) is 14.7. The van der Waals surface area contributed by atoms with Crippen LogP contribution in [0.2, 0.25) is 10.0 Å². The maximum Gasteiger partial charge on any atom is 0.255 e. The van der Waals surface area contributed by atoms with E-state index < -0.39 is 0 Å². The summed E-state index contributed by atoms with van der Waals surface area (Å²) in [5.74, 6) is 1.10. The molecule has 0 unspecified atom stereocenters. The Kier molecular flexibility index (Phi) is 6.13. The fraction of sp³-hybridized carbons (Fsp3) is 0.286. The lowest BCUT2D eigenvalue weighted by atomic mass is 10.1. The second-order valence-electron chi connectivity index (χ2n) is 6.87. The molecule has 6 nitrogen and oxygen atoms in total. The molecular weight excluding hydrogens is 411 g/mol. The number of benzene rings is 2. The fourth-order valence-electron chi connectivity index (χ4n) is 3.31. The standard InChI is InChI=1S/C21H20Cl2N4O2/c22-16-6-7-17(18(23)14-16)21(28)27-12-10-26(11-13-27)9-8-19-24-25-20(29-19)15-4-2-1-3-5-15/h1-7,14H,8-13H2. The minimum absolute atomic E-state index is 0.0595. The van der Waals surface area contributed by atoms with Crippen molar-refractivity contribution < 1.29 is 9.21 Å². The molecule has 0 N–H and O–H groups in total. The van der Waals surface area contributed by atoms with Crippen LogP contribution in [0.25, 0.3) is 11.5 Å². The maximum atomic E-state index is 12.7. The van der Waals surface area contributed by atoms with Gasteiger partial charge < -0.3 is 9.32 Å². The second kappa shape index (κ2) is 8.95. The Bertz CT molecular complexity index is 985. The van der Waals surface area contributed by atoms with Crippen LogP contribution in [-0.2, 0) is 6.42 Å². The van der Waals surface area contributed by atoms with Gasteiger partial charge in [-0.2, -0.15) is 0 Å². The van der Waals surface area contributed by atoms with Gasteiger partial charge in [-0.25, -0.2) is 0 Å². The first-order valence-corrected chi connectivity index (χ1v) is 10.2. The van der Waals surface area contributed by atoms with Crippen LogP contribution in [0, 0.1) is 0 Å². The highest BCUT2D eigenvalue weighted by Crippen LogP contribution is 2.23. The number of amides is 1. The molecule has 8 heteroatoms. The Morgan fingerprint density at radius 1 is 1.00 bits per heavy atom. The van der Waals surface area contributed by atoms with Crippen molar-refractivity contribution in [2.75, 3.05) is 32.7 Å². The first-order chi connectivity index (χ1) is 14.1. The van der Waals surface area contributed by atoms with Gasteiger partial charge in [0.2, 0.25) is 11.8 Å². The monoisotopic (exact) mass is 430 g/mol. The molecule has 0 bridgehead atoms. The molecule has 2 heterocycles. The van der Waals surface area contributed by atoms with Crippen LogP contribution in [0.1, 0.15) is 16.2 Å². The Balaban J connectivity index is 1.28. The number of carbonyl (C=O) groups is 1. The molecule has 0 aliphatic carbocycles. The van der Waals surface area contributed by atoms with Gasteiger partial charge in [-0.1, -0.05) is 41.4 Å². The van der Waals surface area contributed by atoms with Gasteiger partial charge in [0.25, 0.3) is 5.91 Å². The molecule has 0 saturated carbocycles. The molecule has 150 valence electrons. The van der Waals surface area contributed by atoms with Gasteiger partial charge in [-0.3, -0.25) is 9.69 Å². The van der Waals surface area contributed by atoms with E-state index in [2.05, 4.69) is 15.1 Å². The lowest BCUT2D eigenvalue weighted by molar-refractivity contribution is 0.0636. The molecule has 1 amide bonds. The summed E-state index contributed by atoms with van der Waals surface area (Å²) < 4.78 is 5.76. The maximum absolute atomic E-state index is 12.7. The van der Waals surface area contributed by atoms with Crippen LogP contribution in [0.5, 0.6) is 0 Å². The predicted molar refractivity (Wildman–Crippen MR) is 112 cm³/mol. The molecule has 1 aromatic heterocycles. The zero-order valence-electron chi connectivity index (χ0n) is 15.7. The Hall–Kier alpha value is -2.41. The van der Waals surface area contributed by atoms with E-state index in [0.29, 0.717) is 46.9 Å². The van der Waals surface area contributed by atoms with E-state index in [4.69, 9.17) is 27.6 Å². The zero-order chi connectivity index (χ0) is 20.2. The summed E-state index contributed by atoms with van der Waals surface area (Å²) >= 11 is 12.1. The van der Waals surface area contributed by atoms with Crippen molar-refractivity contribution in [3.8, 4) is 11.5 Å². The number of piperazine rings is 1. The summed E-state index contributed by atoms with van der Waals surface area (Å²) in [4.78, 5) is 16.8. The largest absolute Gasteiger partial charge is 0.421 e. The predicted octanol–water partition coefficient (Wildman–Crippen LogP) is 4.04. The highest BCUT2D eigenvalue weighted by atomic mass is 35.5. The van der Waals surface area contributed by atoms with Crippen molar-refractivity contribution >= 4 is 29.1 Å². The number of aromatic nitrogens is 2. The van der Waals surface area contributed by atoms with Crippen LogP contribution < -0.4 is 0 Å². The topological polar surface area (TPSA) is 62.5 Å². The van der Waals surface area contributed by atoms with Crippen molar-refractivity contribution in [1.82, 2.24) is 20.0 Å². The minimum atomic E-state index is -0.0595. The molecule has 1 aliphatic rings. The first kappa shape index (κ1) is 19.9. The SMILES string of the molecule is O=C(c1ccc(Cl)cc1Cl)N1CCN(CCc2nnc(-c3ccccc3)o2)CC1. The molecular formula is C21H20Cl2N4O2. The Morgan fingerprint density at radius 2 is 1.76 bits per heavy atom. The quantitative estimate of drug-likeness (QED) is 0.610. The molecule has 0 spiro atoms.